The van der Waals surface area contributed by atoms with Crippen LogP contribution in [0.5, 0.6) is 0 Å². The van der Waals surface area contributed by atoms with Gasteiger partial charge in [-0.2, -0.15) is 0 Å². The molecule has 0 aromatic heterocycles. The van der Waals surface area contributed by atoms with E-state index < -0.39 is 49.0 Å². The summed E-state index contributed by atoms with van der Waals surface area (Å²) in [4.78, 5) is 24.1. The molecule has 2 N–H and O–H groups in total. The Morgan fingerprint density at radius 3 is 2.67 bits per heavy atom. The van der Waals surface area contributed by atoms with Crippen molar-refractivity contribution in [3.8, 4) is 0 Å². The third kappa shape index (κ3) is 3.90. The van der Waals surface area contributed by atoms with E-state index in [9.17, 15) is 18.0 Å². The molecule has 106 valence electrons. The van der Waals surface area contributed by atoms with Gasteiger partial charge in [-0.1, -0.05) is 0 Å². The number of carboxylic acids is 1. The molecule has 0 bridgehead atoms. The number of carboxylic acid groups (broad SMARTS) is 1. The molecule has 0 aliphatic carbocycles. The van der Waals surface area contributed by atoms with Gasteiger partial charge in [0.15, 0.2) is 0 Å². The van der Waals surface area contributed by atoms with Crippen molar-refractivity contribution in [3.05, 3.63) is 0 Å². The van der Waals surface area contributed by atoms with Crippen LogP contribution in [-0.4, -0.2) is 51.3 Å². The molecule has 0 aromatic carbocycles. The third-order valence-corrected chi connectivity index (χ3v) is 9.56. The summed E-state index contributed by atoms with van der Waals surface area (Å²) in [5, 5.41) is 11.0. The number of rotatable bonds is 5. The van der Waals surface area contributed by atoms with Gasteiger partial charge in [0.1, 0.15) is 0 Å². The van der Waals surface area contributed by atoms with Crippen LogP contribution in [-0.2, 0) is 16.8 Å². The SMILES string of the molecule is C[I-]S(=O)(=O)N1CCCC1C(=O)NC(I)C(=O)O. The van der Waals surface area contributed by atoms with E-state index in [2.05, 4.69) is 5.32 Å². The quantitative estimate of drug-likeness (QED) is 0.175. The molecule has 1 aliphatic rings. The number of nitrogens with zero attached hydrogens (tertiary/aromatic N) is 1. The number of hydrogen-bond acceptors (Lipinski definition) is 4. The third-order valence-electron chi connectivity index (χ3n) is 2.47. The number of alkyl halides is 2. The standard InChI is InChI=1S/C8H13I2N2O5S/c1-10-18(16,17)12-4-2-3-5(12)7(13)11-6(9)8(14)15/h5-6H,2-4H2,1H3,(H,11,13)(H,14,15)/q-1. The Kier molecular flexibility index (Phi) is 6.05. The maximum atomic E-state index is 11.9. The van der Waals surface area contributed by atoms with E-state index >= 15 is 0 Å². The summed E-state index contributed by atoms with van der Waals surface area (Å²) in [6.45, 7) is 0.340. The summed E-state index contributed by atoms with van der Waals surface area (Å²) in [6, 6.07) is -0.758. The van der Waals surface area contributed by atoms with Gasteiger partial charge in [0.2, 0.25) is 0 Å². The van der Waals surface area contributed by atoms with Crippen molar-refractivity contribution < 1.29 is 42.9 Å². The van der Waals surface area contributed by atoms with Crippen molar-refractivity contribution in [1.29, 1.82) is 0 Å². The predicted octanol–water partition coefficient (Wildman–Crippen LogP) is -3.62. The summed E-state index contributed by atoms with van der Waals surface area (Å²) < 4.78 is 23.8. The zero-order valence-electron chi connectivity index (χ0n) is 9.47. The summed E-state index contributed by atoms with van der Waals surface area (Å²) in [6.07, 6.45) is 1.07. The Morgan fingerprint density at radius 2 is 2.17 bits per heavy atom. The molecule has 1 amide bonds. The monoisotopic (exact) mass is 503 g/mol. The summed E-state index contributed by atoms with van der Waals surface area (Å²) in [5.74, 6) is -1.69. The average molecular weight is 503 g/mol. The van der Waals surface area contributed by atoms with Gasteiger partial charge in [-0.3, -0.25) is 0 Å². The summed E-state index contributed by atoms with van der Waals surface area (Å²) >= 11 is 0.539. The van der Waals surface area contributed by atoms with E-state index in [1.54, 1.807) is 27.5 Å². The molecule has 0 spiro atoms. The number of nitrogens with one attached hydrogen (secondary N) is 1. The molecule has 0 saturated carbocycles. The van der Waals surface area contributed by atoms with Crippen LogP contribution in [0.2, 0.25) is 0 Å². The second-order valence-electron chi connectivity index (χ2n) is 3.57. The van der Waals surface area contributed by atoms with Crippen molar-refractivity contribution in [2.24, 2.45) is 0 Å². The Labute approximate surface area is 128 Å². The van der Waals surface area contributed by atoms with Crippen LogP contribution in [0.3, 0.4) is 0 Å². The first-order chi connectivity index (χ1) is 8.29. The topological polar surface area (TPSA) is 104 Å². The molecular formula is C8H13I2N2O5S-. The van der Waals surface area contributed by atoms with E-state index in [-0.39, 0.29) is 0 Å². The van der Waals surface area contributed by atoms with Crippen LogP contribution in [0.1, 0.15) is 12.8 Å². The van der Waals surface area contributed by atoms with Crippen LogP contribution in [0.4, 0.5) is 0 Å². The van der Waals surface area contributed by atoms with Gasteiger partial charge in [-0.05, 0) is 0 Å². The van der Waals surface area contributed by atoms with Crippen molar-refractivity contribution in [3.63, 3.8) is 0 Å². The van der Waals surface area contributed by atoms with Gasteiger partial charge in [0.05, 0.1) is 0 Å². The Balaban J connectivity index is 2.76. The Bertz CT molecular complexity index is 441. The van der Waals surface area contributed by atoms with Crippen molar-refractivity contribution >= 4 is 41.7 Å². The minimum atomic E-state index is -3.32. The number of carbonyl (C=O) groups excluding carboxylic acids is 1. The second kappa shape index (κ2) is 6.65. The van der Waals surface area contributed by atoms with E-state index in [0.29, 0.717) is 19.4 Å². The molecule has 1 saturated heterocycles. The van der Waals surface area contributed by atoms with Crippen molar-refractivity contribution in [2.75, 3.05) is 11.5 Å². The number of carbonyl (C=O) groups is 2. The first-order valence-electron chi connectivity index (χ1n) is 5.00. The molecule has 1 fully saturated rings. The first kappa shape index (κ1) is 16.4. The van der Waals surface area contributed by atoms with E-state index in [1.165, 1.54) is 4.31 Å². The van der Waals surface area contributed by atoms with Gasteiger partial charge in [-0.15, -0.1) is 0 Å². The van der Waals surface area contributed by atoms with Crippen LogP contribution < -0.4 is 25.1 Å². The van der Waals surface area contributed by atoms with Crippen LogP contribution >= 0.6 is 22.6 Å². The molecule has 0 radical (unpaired) electrons. The van der Waals surface area contributed by atoms with Crippen molar-refractivity contribution in [1.82, 2.24) is 9.62 Å². The number of aliphatic carboxylic acids is 1. The maximum absolute atomic E-state index is 11.9. The molecule has 2 atom stereocenters. The minimum absolute atomic E-state index is 0.340. The van der Waals surface area contributed by atoms with Gasteiger partial charge < -0.3 is 0 Å². The Morgan fingerprint density at radius 1 is 1.56 bits per heavy atom. The predicted molar refractivity (Wildman–Crippen MR) is 68.2 cm³/mol. The van der Waals surface area contributed by atoms with E-state index in [0.717, 1.165) is 0 Å². The molecule has 1 aliphatic heterocycles. The number of amides is 1. The first-order valence-corrected chi connectivity index (χ1v) is 12.4. The molecular weight excluding hydrogens is 490 g/mol. The molecule has 1 heterocycles. The zero-order valence-corrected chi connectivity index (χ0v) is 14.6. The van der Waals surface area contributed by atoms with Crippen LogP contribution in [0, 0.1) is 0 Å². The normalized spacial score (nSPS) is 22.9. The molecule has 18 heavy (non-hydrogen) atoms. The summed E-state index contributed by atoms with van der Waals surface area (Å²) in [5.41, 5.74) is 0. The zero-order chi connectivity index (χ0) is 13.9. The molecule has 1 rings (SSSR count). The van der Waals surface area contributed by atoms with Gasteiger partial charge in [0.25, 0.3) is 0 Å². The number of hydrogen-bond donors (Lipinski definition) is 2. The second-order valence-corrected chi connectivity index (χ2v) is 12.4. The van der Waals surface area contributed by atoms with Crippen LogP contribution in [0.25, 0.3) is 0 Å². The molecule has 10 heteroatoms. The van der Waals surface area contributed by atoms with Crippen molar-refractivity contribution in [2.45, 2.75) is 22.9 Å². The Hall–Kier alpha value is 0.310. The fourth-order valence-corrected chi connectivity index (χ4v) is 5.90. The number of halogens is 2. The summed E-state index contributed by atoms with van der Waals surface area (Å²) in [7, 11) is -3.32. The van der Waals surface area contributed by atoms with Crippen LogP contribution in [0.15, 0.2) is 0 Å². The molecule has 7 nitrogen and oxygen atoms in total. The molecule has 2 unspecified atom stereocenters. The van der Waals surface area contributed by atoms with Gasteiger partial charge in [-0.25, -0.2) is 0 Å². The van der Waals surface area contributed by atoms with Gasteiger partial charge in [0, 0.05) is 0 Å². The van der Waals surface area contributed by atoms with Gasteiger partial charge >= 0.3 is 129 Å². The fourth-order valence-electron chi connectivity index (χ4n) is 1.63. The fraction of sp³-hybridized carbons (Fsp3) is 0.750. The van der Waals surface area contributed by atoms with E-state index in [4.69, 9.17) is 5.11 Å². The van der Waals surface area contributed by atoms with E-state index in [1.807, 2.05) is 0 Å². The molecule has 0 aromatic rings. The average Bonchev–Trinajstić information content (AvgIpc) is 2.78.